The Morgan fingerprint density at radius 3 is 2.33 bits per heavy atom. The molecule has 9 heteroatoms. The third kappa shape index (κ3) is 3.84. The molecular formula is C24H16F2N2O5. The van der Waals surface area contributed by atoms with Gasteiger partial charge in [0.15, 0.2) is 0 Å². The first-order valence-electron chi connectivity index (χ1n) is 9.76. The second-order valence-electron chi connectivity index (χ2n) is 7.48. The topological polar surface area (TPSA) is 101 Å². The number of rotatable bonds is 4. The summed E-state index contributed by atoms with van der Waals surface area (Å²) in [4.78, 5) is 37.2. The van der Waals surface area contributed by atoms with Crippen LogP contribution in [0.1, 0.15) is 22.7 Å². The summed E-state index contributed by atoms with van der Waals surface area (Å²) in [5.41, 5.74) is 0.400. The van der Waals surface area contributed by atoms with Crippen molar-refractivity contribution >= 4 is 28.8 Å². The Morgan fingerprint density at radius 1 is 1.03 bits per heavy atom. The van der Waals surface area contributed by atoms with Crippen LogP contribution in [0.2, 0.25) is 0 Å². The van der Waals surface area contributed by atoms with Crippen LogP contribution in [0.3, 0.4) is 0 Å². The first-order valence-corrected chi connectivity index (χ1v) is 9.76. The number of hydrogen-bond donors (Lipinski definition) is 1. The average Bonchev–Trinajstić information content (AvgIpc) is 3.04. The van der Waals surface area contributed by atoms with Crippen molar-refractivity contribution in [1.29, 1.82) is 0 Å². The summed E-state index contributed by atoms with van der Waals surface area (Å²) in [6.07, 6.45) is 0. The second-order valence-corrected chi connectivity index (χ2v) is 7.48. The fourth-order valence-electron chi connectivity index (χ4n) is 3.81. The molecule has 1 N–H and O–H groups in total. The number of nitro groups is 1. The van der Waals surface area contributed by atoms with Crippen LogP contribution in [0.4, 0.5) is 20.2 Å². The molecule has 3 aromatic carbocycles. The van der Waals surface area contributed by atoms with Crippen molar-refractivity contribution in [3.05, 3.63) is 111 Å². The SMILES string of the molecule is Cc1cccc(C2/C(=C(\O)c3ccc([N+](=O)[O-])cc3)C(=O)C(=O)N2c2ccc(F)cc2F)c1. The van der Waals surface area contributed by atoms with Gasteiger partial charge in [0.25, 0.3) is 17.4 Å². The Kier molecular flexibility index (Phi) is 5.47. The quantitative estimate of drug-likeness (QED) is 0.202. The van der Waals surface area contributed by atoms with Crippen LogP contribution < -0.4 is 4.90 Å². The normalized spacial score (nSPS) is 17.4. The van der Waals surface area contributed by atoms with Gasteiger partial charge in [0.1, 0.15) is 17.4 Å². The number of aliphatic hydroxyl groups is 1. The van der Waals surface area contributed by atoms with Gasteiger partial charge in [-0.1, -0.05) is 29.8 Å². The van der Waals surface area contributed by atoms with Crippen LogP contribution in [-0.4, -0.2) is 21.7 Å². The first kappa shape index (κ1) is 21.8. The van der Waals surface area contributed by atoms with Crippen LogP contribution in [0.15, 0.2) is 72.3 Å². The minimum atomic E-state index is -1.21. The van der Waals surface area contributed by atoms with Crippen molar-refractivity contribution in [3.63, 3.8) is 0 Å². The number of hydrogen-bond acceptors (Lipinski definition) is 5. The van der Waals surface area contributed by atoms with Crippen molar-refractivity contribution in [2.24, 2.45) is 0 Å². The Morgan fingerprint density at radius 2 is 1.73 bits per heavy atom. The number of halogens is 2. The molecule has 7 nitrogen and oxygen atoms in total. The molecule has 0 radical (unpaired) electrons. The lowest BCUT2D eigenvalue weighted by Crippen LogP contribution is -2.30. The summed E-state index contributed by atoms with van der Waals surface area (Å²) in [7, 11) is 0. The van der Waals surface area contributed by atoms with Gasteiger partial charge in [0.2, 0.25) is 0 Å². The summed E-state index contributed by atoms with van der Waals surface area (Å²) in [5.74, 6) is -4.65. The van der Waals surface area contributed by atoms with E-state index in [1.54, 1.807) is 31.2 Å². The zero-order valence-corrected chi connectivity index (χ0v) is 17.2. The van der Waals surface area contributed by atoms with E-state index in [-0.39, 0.29) is 22.5 Å². The number of carbonyl (C=O) groups is 2. The number of nitrogens with zero attached hydrogens (tertiary/aromatic N) is 2. The van der Waals surface area contributed by atoms with Gasteiger partial charge in [-0.2, -0.15) is 0 Å². The highest BCUT2D eigenvalue weighted by Gasteiger charge is 2.47. The number of aliphatic hydroxyl groups excluding tert-OH is 1. The maximum atomic E-state index is 14.7. The van der Waals surface area contributed by atoms with Gasteiger partial charge >= 0.3 is 0 Å². The van der Waals surface area contributed by atoms with Gasteiger partial charge in [-0.05, 0) is 36.8 Å². The number of non-ortho nitro benzene ring substituents is 1. The third-order valence-corrected chi connectivity index (χ3v) is 5.32. The van der Waals surface area contributed by atoms with E-state index in [4.69, 9.17) is 0 Å². The Balaban J connectivity index is 1.95. The summed E-state index contributed by atoms with van der Waals surface area (Å²) in [5, 5.41) is 21.9. The fraction of sp³-hybridized carbons (Fsp3) is 0.0833. The molecule has 0 aliphatic carbocycles. The maximum absolute atomic E-state index is 14.7. The van der Waals surface area contributed by atoms with Gasteiger partial charge < -0.3 is 5.11 Å². The summed E-state index contributed by atoms with van der Waals surface area (Å²) in [6, 6.07) is 12.9. The molecule has 1 heterocycles. The largest absolute Gasteiger partial charge is 0.507 e. The Labute approximate surface area is 186 Å². The minimum absolute atomic E-state index is 0.0656. The number of carbonyl (C=O) groups excluding carboxylic acids is 2. The van der Waals surface area contributed by atoms with Crippen LogP contribution in [0, 0.1) is 28.7 Å². The molecule has 33 heavy (non-hydrogen) atoms. The standard InChI is InChI=1S/C24H16F2N2O5/c1-13-3-2-4-15(11-13)21-20(22(29)14-5-8-17(9-6-14)28(32)33)23(30)24(31)27(21)19-10-7-16(25)12-18(19)26/h2-12,21,29H,1H3/b22-20+. The summed E-state index contributed by atoms with van der Waals surface area (Å²) in [6.45, 7) is 1.78. The molecule has 1 fully saturated rings. The van der Waals surface area contributed by atoms with E-state index in [1.165, 1.54) is 12.1 Å². The maximum Gasteiger partial charge on any atom is 0.300 e. The molecule has 1 aliphatic heterocycles. The van der Waals surface area contributed by atoms with Crippen LogP contribution in [0.25, 0.3) is 5.76 Å². The number of Topliss-reactive ketones (excluding diaryl/α,β-unsaturated/α-hetero) is 1. The van der Waals surface area contributed by atoms with Gasteiger partial charge in [-0.3, -0.25) is 24.6 Å². The minimum Gasteiger partial charge on any atom is -0.507 e. The van der Waals surface area contributed by atoms with Gasteiger partial charge in [0.05, 0.1) is 22.2 Å². The predicted octanol–water partition coefficient (Wildman–Crippen LogP) is 4.81. The average molecular weight is 450 g/mol. The molecule has 3 aromatic rings. The van der Waals surface area contributed by atoms with E-state index in [2.05, 4.69) is 0 Å². The smallest absolute Gasteiger partial charge is 0.300 e. The molecule has 1 aliphatic rings. The zero-order chi connectivity index (χ0) is 23.9. The van der Waals surface area contributed by atoms with Crippen molar-refractivity contribution in [1.82, 2.24) is 0 Å². The highest BCUT2D eigenvalue weighted by molar-refractivity contribution is 6.51. The highest BCUT2D eigenvalue weighted by atomic mass is 19.1. The van der Waals surface area contributed by atoms with Crippen molar-refractivity contribution < 1.29 is 28.4 Å². The lowest BCUT2D eigenvalue weighted by atomic mass is 9.94. The van der Waals surface area contributed by atoms with E-state index >= 15 is 0 Å². The molecule has 1 unspecified atom stereocenters. The number of benzene rings is 3. The van der Waals surface area contributed by atoms with E-state index in [1.807, 2.05) is 0 Å². The number of amides is 1. The molecule has 1 amide bonds. The highest BCUT2D eigenvalue weighted by Crippen LogP contribution is 2.43. The molecule has 0 spiro atoms. The summed E-state index contributed by atoms with van der Waals surface area (Å²) < 4.78 is 28.1. The lowest BCUT2D eigenvalue weighted by Gasteiger charge is -2.26. The first-order chi connectivity index (χ1) is 15.7. The number of nitro benzene ring substituents is 1. The fourth-order valence-corrected chi connectivity index (χ4v) is 3.81. The van der Waals surface area contributed by atoms with Crippen LogP contribution in [-0.2, 0) is 9.59 Å². The van der Waals surface area contributed by atoms with Gasteiger partial charge in [-0.25, -0.2) is 8.78 Å². The van der Waals surface area contributed by atoms with Crippen LogP contribution in [0.5, 0.6) is 0 Å². The molecule has 1 saturated heterocycles. The molecule has 1 atom stereocenters. The van der Waals surface area contributed by atoms with Crippen molar-refractivity contribution in [2.75, 3.05) is 4.90 Å². The predicted molar refractivity (Wildman–Crippen MR) is 115 cm³/mol. The monoisotopic (exact) mass is 450 g/mol. The number of ketones is 1. The van der Waals surface area contributed by atoms with Crippen molar-refractivity contribution in [2.45, 2.75) is 13.0 Å². The molecule has 166 valence electrons. The van der Waals surface area contributed by atoms with E-state index in [0.717, 1.165) is 34.7 Å². The second kappa shape index (κ2) is 8.27. The molecule has 0 aromatic heterocycles. The Hall–Kier alpha value is -4.40. The van der Waals surface area contributed by atoms with E-state index < -0.39 is 40.0 Å². The van der Waals surface area contributed by atoms with E-state index in [9.17, 15) is 33.6 Å². The molecule has 4 rings (SSSR count). The Bertz CT molecular complexity index is 1330. The van der Waals surface area contributed by atoms with Crippen molar-refractivity contribution in [3.8, 4) is 0 Å². The molecular weight excluding hydrogens is 434 g/mol. The van der Waals surface area contributed by atoms with Crippen LogP contribution >= 0.6 is 0 Å². The van der Waals surface area contributed by atoms with Gasteiger partial charge in [-0.15, -0.1) is 0 Å². The summed E-state index contributed by atoms with van der Waals surface area (Å²) >= 11 is 0. The lowest BCUT2D eigenvalue weighted by molar-refractivity contribution is -0.384. The van der Waals surface area contributed by atoms with E-state index in [0.29, 0.717) is 11.6 Å². The number of aryl methyl sites for hydroxylation is 1. The molecule has 0 bridgehead atoms. The number of anilines is 1. The molecule has 0 saturated carbocycles. The third-order valence-electron chi connectivity index (χ3n) is 5.32. The van der Waals surface area contributed by atoms with Gasteiger partial charge in [0, 0.05) is 23.8 Å². The zero-order valence-electron chi connectivity index (χ0n) is 17.2.